The Bertz CT molecular complexity index is 154. The van der Waals surface area contributed by atoms with Gasteiger partial charge in [0.1, 0.15) is 5.25 Å². The molecule has 0 aromatic heterocycles. The van der Waals surface area contributed by atoms with E-state index < -0.39 is 5.97 Å². The largest absolute Gasteiger partial charge is 0.480 e. The van der Waals surface area contributed by atoms with Gasteiger partial charge in [0.2, 0.25) is 0 Å². The number of thioether (sulfide) groups is 1. The van der Waals surface area contributed by atoms with Gasteiger partial charge in [-0.05, 0) is 12.8 Å². The van der Waals surface area contributed by atoms with Crippen molar-refractivity contribution in [1.82, 2.24) is 0 Å². The van der Waals surface area contributed by atoms with Crippen LogP contribution < -0.4 is 0 Å². The molecule has 0 aliphatic carbocycles. The van der Waals surface area contributed by atoms with Gasteiger partial charge in [0.25, 0.3) is 0 Å². The van der Waals surface area contributed by atoms with Crippen LogP contribution in [-0.4, -0.2) is 34.8 Å². The number of hydrogen-bond acceptors (Lipinski definition) is 3. The van der Waals surface area contributed by atoms with Crippen LogP contribution in [0.2, 0.25) is 0 Å². The van der Waals surface area contributed by atoms with E-state index in [4.69, 9.17) is 9.84 Å². The van der Waals surface area contributed by atoms with Crippen molar-refractivity contribution in [2.75, 3.05) is 13.2 Å². The van der Waals surface area contributed by atoms with Crippen LogP contribution in [0.3, 0.4) is 0 Å². The van der Waals surface area contributed by atoms with Gasteiger partial charge in [-0.25, -0.2) is 0 Å². The monoisotopic (exact) mass is 190 g/mol. The lowest BCUT2D eigenvalue weighted by Gasteiger charge is -2.13. The Balaban J connectivity index is 2.30. The predicted octanol–water partition coefficient (Wildman–Crippen LogP) is 1.37. The maximum Gasteiger partial charge on any atom is 0.316 e. The second-order valence-corrected chi connectivity index (χ2v) is 4.36. The molecule has 1 aliphatic heterocycles. The molecule has 1 N–H and O–H groups in total. The summed E-state index contributed by atoms with van der Waals surface area (Å²) in [6, 6.07) is 0. The Morgan fingerprint density at radius 1 is 1.83 bits per heavy atom. The third-order valence-corrected chi connectivity index (χ3v) is 3.51. The molecule has 12 heavy (non-hydrogen) atoms. The van der Waals surface area contributed by atoms with Gasteiger partial charge in [-0.2, -0.15) is 0 Å². The zero-order chi connectivity index (χ0) is 8.97. The molecule has 0 amide bonds. The maximum atomic E-state index is 10.7. The highest BCUT2D eigenvalue weighted by Gasteiger charge is 2.24. The standard InChI is InChI=1S/C8H14O3S/c1-2-7(8(9)10)12-6-3-4-11-5-6/h6-7H,2-5H2,1H3,(H,9,10). The number of carboxylic acids is 1. The molecule has 1 aliphatic rings. The number of aliphatic carboxylic acids is 1. The van der Waals surface area contributed by atoms with E-state index in [1.807, 2.05) is 6.92 Å². The normalized spacial score (nSPS) is 25.6. The summed E-state index contributed by atoms with van der Waals surface area (Å²) in [5, 5.41) is 8.91. The van der Waals surface area contributed by atoms with Crippen LogP contribution in [0.25, 0.3) is 0 Å². The fraction of sp³-hybridized carbons (Fsp3) is 0.875. The average Bonchev–Trinajstić information content (AvgIpc) is 2.51. The van der Waals surface area contributed by atoms with Crippen molar-refractivity contribution < 1.29 is 14.6 Å². The molecule has 0 spiro atoms. The molecular weight excluding hydrogens is 176 g/mol. The number of ether oxygens (including phenoxy) is 1. The third kappa shape index (κ3) is 2.68. The lowest BCUT2D eigenvalue weighted by Crippen LogP contribution is -2.19. The molecule has 1 saturated heterocycles. The Hall–Kier alpha value is -0.220. The minimum absolute atomic E-state index is 0.253. The van der Waals surface area contributed by atoms with Gasteiger partial charge < -0.3 is 9.84 Å². The molecule has 1 heterocycles. The highest BCUT2D eigenvalue weighted by Crippen LogP contribution is 2.26. The number of rotatable bonds is 4. The van der Waals surface area contributed by atoms with Gasteiger partial charge >= 0.3 is 5.97 Å². The van der Waals surface area contributed by atoms with E-state index in [0.29, 0.717) is 18.3 Å². The van der Waals surface area contributed by atoms with Crippen LogP contribution in [0.4, 0.5) is 0 Å². The van der Waals surface area contributed by atoms with Gasteiger partial charge in [0.05, 0.1) is 6.61 Å². The van der Waals surface area contributed by atoms with Crippen molar-refractivity contribution in [3.8, 4) is 0 Å². The van der Waals surface area contributed by atoms with Crippen LogP contribution in [0.5, 0.6) is 0 Å². The van der Waals surface area contributed by atoms with Crippen LogP contribution in [0.15, 0.2) is 0 Å². The lowest BCUT2D eigenvalue weighted by molar-refractivity contribution is -0.136. The van der Waals surface area contributed by atoms with Gasteiger partial charge in [-0.3, -0.25) is 4.79 Å². The van der Waals surface area contributed by atoms with Gasteiger partial charge in [0, 0.05) is 11.9 Å². The quantitative estimate of drug-likeness (QED) is 0.727. The lowest BCUT2D eigenvalue weighted by atomic mass is 10.3. The van der Waals surface area contributed by atoms with Crippen LogP contribution >= 0.6 is 11.8 Å². The van der Waals surface area contributed by atoms with Crippen molar-refractivity contribution in [3.05, 3.63) is 0 Å². The fourth-order valence-electron chi connectivity index (χ4n) is 1.18. The highest BCUT2D eigenvalue weighted by molar-refractivity contribution is 8.01. The fourth-order valence-corrected chi connectivity index (χ4v) is 2.36. The average molecular weight is 190 g/mol. The van der Waals surface area contributed by atoms with Crippen LogP contribution in [0.1, 0.15) is 19.8 Å². The minimum Gasteiger partial charge on any atom is -0.480 e. The molecular formula is C8H14O3S. The summed E-state index contributed by atoms with van der Waals surface area (Å²) < 4.78 is 5.17. The van der Waals surface area contributed by atoms with Crippen LogP contribution in [-0.2, 0) is 9.53 Å². The molecule has 0 aromatic carbocycles. The summed E-state index contributed by atoms with van der Waals surface area (Å²) in [4.78, 5) is 10.7. The molecule has 4 heteroatoms. The zero-order valence-electron chi connectivity index (χ0n) is 7.16. The SMILES string of the molecule is CCC(SC1CCOC1)C(=O)O. The van der Waals surface area contributed by atoms with E-state index in [0.717, 1.165) is 13.0 Å². The second-order valence-electron chi connectivity index (χ2n) is 2.86. The molecule has 3 nitrogen and oxygen atoms in total. The van der Waals surface area contributed by atoms with E-state index in [1.165, 1.54) is 11.8 Å². The second kappa shape index (κ2) is 4.72. The van der Waals surface area contributed by atoms with Gasteiger partial charge in [-0.15, -0.1) is 11.8 Å². The topological polar surface area (TPSA) is 46.5 Å². The molecule has 0 radical (unpaired) electrons. The molecule has 70 valence electrons. The summed E-state index contributed by atoms with van der Waals surface area (Å²) in [7, 11) is 0. The Kier molecular flexibility index (Phi) is 3.88. The Morgan fingerprint density at radius 2 is 2.58 bits per heavy atom. The van der Waals surface area contributed by atoms with Crippen molar-refractivity contribution in [3.63, 3.8) is 0 Å². The number of carbonyl (C=O) groups is 1. The van der Waals surface area contributed by atoms with Crippen molar-refractivity contribution in [1.29, 1.82) is 0 Å². The summed E-state index contributed by atoms with van der Waals surface area (Å²) in [5.41, 5.74) is 0. The van der Waals surface area contributed by atoms with Gasteiger partial charge in [0.15, 0.2) is 0 Å². The zero-order valence-corrected chi connectivity index (χ0v) is 7.97. The summed E-state index contributed by atoms with van der Waals surface area (Å²) in [5.74, 6) is -0.700. The van der Waals surface area contributed by atoms with E-state index in [1.54, 1.807) is 0 Å². The van der Waals surface area contributed by atoms with Crippen molar-refractivity contribution >= 4 is 17.7 Å². The number of hydrogen-bond donors (Lipinski definition) is 1. The van der Waals surface area contributed by atoms with Crippen molar-refractivity contribution in [2.24, 2.45) is 0 Å². The van der Waals surface area contributed by atoms with Crippen LogP contribution in [0, 0.1) is 0 Å². The molecule has 2 unspecified atom stereocenters. The predicted molar refractivity (Wildman–Crippen MR) is 48.5 cm³/mol. The van der Waals surface area contributed by atoms with Gasteiger partial charge in [-0.1, -0.05) is 6.92 Å². The Labute approximate surface area is 76.5 Å². The highest BCUT2D eigenvalue weighted by atomic mass is 32.2. The molecule has 1 rings (SSSR count). The smallest absolute Gasteiger partial charge is 0.316 e. The third-order valence-electron chi connectivity index (χ3n) is 1.89. The van der Waals surface area contributed by atoms with E-state index in [2.05, 4.69) is 0 Å². The molecule has 0 bridgehead atoms. The first kappa shape index (κ1) is 9.86. The number of carboxylic acid groups (broad SMARTS) is 1. The summed E-state index contributed by atoms with van der Waals surface area (Å²) in [6.07, 6.45) is 1.69. The van der Waals surface area contributed by atoms with Crippen molar-refractivity contribution in [2.45, 2.75) is 30.3 Å². The van der Waals surface area contributed by atoms with E-state index >= 15 is 0 Å². The first-order valence-electron chi connectivity index (χ1n) is 4.20. The molecule has 1 fully saturated rings. The summed E-state index contributed by atoms with van der Waals surface area (Å²) in [6.45, 7) is 3.41. The summed E-state index contributed by atoms with van der Waals surface area (Å²) >= 11 is 1.54. The molecule has 0 aromatic rings. The minimum atomic E-state index is -0.700. The maximum absolute atomic E-state index is 10.7. The molecule has 0 saturated carbocycles. The Morgan fingerprint density at radius 3 is 3.00 bits per heavy atom. The molecule has 2 atom stereocenters. The first-order chi connectivity index (χ1) is 5.74. The van der Waals surface area contributed by atoms with E-state index in [-0.39, 0.29) is 5.25 Å². The van der Waals surface area contributed by atoms with E-state index in [9.17, 15) is 4.79 Å². The first-order valence-corrected chi connectivity index (χ1v) is 5.14.